The van der Waals surface area contributed by atoms with E-state index in [4.69, 9.17) is 5.11 Å². The predicted molar refractivity (Wildman–Crippen MR) is 67.9 cm³/mol. The van der Waals surface area contributed by atoms with E-state index in [9.17, 15) is 0 Å². The Morgan fingerprint density at radius 1 is 1.44 bits per heavy atom. The fourth-order valence-corrected chi connectivity index (χ4v) is 2.18. The van der Waals surface area contributed by atoms with Crippen LogP contribution in [-0.2, 0) is 6.42 Å². The fourth-order valence-electron chi connectivity index (χ4n) is 1.51. The average molecular weight is 243 g/mol. The monoisotopic (exact) mass is 243 g/mol. The van der Waals surface area contributed by atoms with Gasteiger partial charge in [0.05, 0.1) is 0 Å². The molecule has 0 bridgehead atoms. The summed E-state index contributed by atoms with van der Waals surface area (Å²) in [5.41, 5.74) is 0. The van der Waals surface area contributed by atoms with Crippen LogP contribution in [0.15, 0.2) is 0 Å². The van der Waals surface area contributed by atoms with E-state index in [1.165, 1.54) is 11.5 Å². The van der Waals surface area contributed by atoms with E-state index < -0.39 is 0 Å². The van der Waals surface area contributed by atoms with Crippen molar-refractivity contribution in [3.8, 4) is 0 Å². The number of hydrogen-bond acceptors (Lipinski definition) is 5. The second-order valence-electron chi connectivity index (χ2n) is 4.27. The van der Waals surface area contributed by atoms with Crippen molar-refractivity contribution in [2.24, 2.45) is 5.92 Å². The maximum atomic E-state index is 8.98. The Labute approximate surface area is 101 Å². The molecule has 0 radical (unpaired) electrons. The Kier molecular flexibility index (Phi) is 5.69. The van der Waals surface area contributed by atoms with Crippen LogP contribution in [0, 0.1) is 5.92 Å². The Balaban J connectivity index is 2.55. The van der Waals surface area contributed by atoms with Gasteiger partial charge in [-0.05, 0) is 18.8 Å². The minimum absolute atomic E-state index is 0.205. The summed E-state index contributed by atoms with van der Waals surface area (Å²) in [4.78, 5) is 4.42. The summed E-state index contributed by atoms with van der Waals surface area (Å²) in [6.45, 7) is 6.61. The van der Waals surface area contributed by atoms with E-state index in [0.29, 0.717) is 5.92 Å². The summed E-state index contributed by atoms with van der Waals surface area (Å²) in [5.74, 6) is 1.40. The highest BCUT2D eigenvalue weighted by atomic mass is 32.1. The predicted octanol–water partition coefficient (Wildman–Crippen LogP) is 2.31. The molecule has 0 saturated carbocycles. The molecular weight excluding hydrogens is 222 g/mol. The van der Waals surface area contributed by atoms with Gasteiger partial charge in [-0.1, -0.05) is 20.8 Å². The molecule has 0 fully saturated rings. The van der Waals surface area contributed by atoms with Gasteiger partial charge in [0, 0.05) is 30.6 Å². The van der Waals surface area contributed by atoms with Crippen molar-refractivity contribution < 1.29 is 5.11 Å². The third kappa shape index (κ3) is 4.06. The first-order chi connectivity index (χ1) is 7.67. The molecule has 1 aromatic heterocycles. The quantitative estimate of drug-likeness (QED) is 0.771. The van der Waals surface area contributed by atoms with Gasteiger partial charge in [-0.3, -0.25) is 0 Å². The lowest BCUT2D eigenvalue weighted by Crippen LogP contribution is -2.26. The van der Waals surface area contributed by atoms with Crippen molar-refractivity contribution in [3.63, 3.8) is 0 Å². The number of nitrogens with one attached hydrogen (secondary N) is 1. The number of aliphatic hydroxyl groups is 1. The van der Waals surface area contributed by atoms with Gasteiger partial charge in [0.15, 0.2) is 0 Å². The van der Waals surface area contributed by atoms with Crippen molar-refractivity contribution >= 4 is 16.7 Å². The second-order valence-corrected chi connectivity index (χ2v) is 5.02. The van der Waals surface area contributed by atoms with Crippen LogP contribution in [-0.4, -0.2) is 27.1 Å². The van der Waals surface area contributed by atoms with Gasteiger partial charge < -0.3 is 10.4 Å². The SMILES string of the molecule is CCCc1nsc(NC(CCO)C(C)C)n1. The lowest BCUT2D eigenvalue weighted by Gasteiger charge is -2.20. The number of aliphatic hydroxyl groups excluding tert-OH is 1. The maximum Gasteiger partial charge on any atom is 0.202 e. The minimum atomic E-state index is 0.205. The van der Waals surface area contributed by atoms with Crippen molar-refractivity contribution in [1.29, 1.82) is 0 Å². The normalized spacial score (nSPS) is 13.1. The van der Waals surface area contributed by atoms with Crippen LogP contribution in [0.1, 0.15) is 39.4 Å². The van der Waals surface area contributed by atoms with Gasteiger partial charge in [0.25, 0.3) is 0 Å². The molecule has 0 spiro atoms. The first-order valence-corrected chi connectivity index (χ1v) is 6.64. The molecule has 5 heteroatoms. The lowest BCUT2D eigenvalue weighted by atomic mass is 10.0. The molecule has 1 heterocycles. The van der Waals surface area contributed by atoms with E-state index in [1.54, 1.807) is 0 Å². The third-order valence-corrected chi connectivity index (χ3v) is 3.18. The average Bonchev–Trinajstić information content (AvgIpc) is 2.65. The maximum absolute atomic E-state index is 8.98. The second kappa shape index (κ2) is 6.81. The molecule has 0 saturated heterocycles. The fraction of sp³-hybridized carbons (Fsp3) is 0.818. The van der Waals surface area contributed by atoms with E-state index in [-0.39, 0.29) is 12.6 Å². The molecule has 1 unspecified atom stereocenters. The van der Waals surface area contributed by atoms with Crippen LogP contribution in [0.2, 0.25) is 0 Å². The molecule has 0 aliphatic rings. The zero-order valence-corrected chi connectivity index (χ0v) is 11.0. The highest BCUT2D eigenvalue weighted by Gasteiger charge is 2.14. The Bertz CT molecular complexity index is 301. The molecule has 0 amide bonds. The summed E-state index contributed by atoms with van der Waals surface area (Å²) < 4.78 is 4.28. The Hall–Kier alpha value is -0.680. The van der Waals surface area contributed by atoms with Gasteiger partial charge >= 0.3 is 0 Å². The van der Waals surface area contributed by atoms with Crippen LogP contribution in [0.25, 0.3) is 0 Å². The van der Waals surface area contributed by atoms with Crippen molar-refractivity contribution in [2.45, 2.75) is 46.1 Å². The number of anilines is 1. The smallest absolute Gasteiger partial charge is 0.202 e. The number of nitrogens with zero attached hydrogens (tertiary/aromatic N) is 2. The van der Waals surface area contributed by atoms with Gasteiger partial charge in [0.2, 0.25) is 5.13 Å². The molecule has 4 nitrogen and oxygen atoms in total. The highest BCUT2D eigenvalue weighted by molar-refractivity contribution is 7.09. The van der Waals surface area contributed by atoms with Gasteiger partial charge in [-0.2, -0.15) is 4.37 Å². The highest BCUT2D eigenvalue weighted by Crippen LogP contribution is 2.17. The molecular formula is C11H21N3OS. The first kappa shape index (κ1) is 13.4. The molecule has 16 heavy (non-hydrogen) atoms. The van der Waals surface area contributed by atoms with Gasteiger partial charge in [-0.25, -0.2) is 4.98 Å². The lowest BCUT2D eigenvalue weighted by molar-refractivity contribution is 0.267. The Morgan fingerprint density at radius 3 is 2.75 bits per heavy atom. The molecule has 0 aliphatic heterocycles. The van der Waals surface area contributed by atoms with E-state index in [0.717, 1.165) is 30.2 Å². The molecule has 0 aromatic carbocycles. The third-order valence-electron chi connectivity index (χ3n) is 2.50. The summed E-state index contributed by atoms with van der Waals surface area (Å²) in [6, 6.07) is 0.271. The summed E-state index contributed by atoms with van der Waals surface area (Å²) in [5, 5.41) is 13.2. The van der Waals surface area contributed by atoms with E-state index in [2.05, 4.69) is 35.4 Å². The van der Waals surface area contributed by atoms with Crippen LogP contribution in [0.3, 0.4) is 0 Å². The zero-order valence-electron chi connectivity index (χ0n) is 10.2. The van der Waals surface area contributed by atoms with Crippen molar-refractivity contribution in [1.82, 2.24) is 9.36 Å². The summed E-state index contributed by atoms with van der Waals surface area (Å²) >= 11 is 1.41. The standard InChI is InChI=1S/C11H21N3OS/c1-4-5-10-13-11(16-14-10)12-9(6-7-15)8(2)3/h8-9,15H,4-7H2,1-3H3,(H,12,13,14). The minimum Gasteiger partial charge on any atom is -0.396 e. The summed E-state index contributed by atoms with van der Waals surface area (Å²) in [7, 11) is 0. The summed E-state index contributed by atoms with van der Waals surface area (Å²) in [6.07, 6.45) is 2.76. The number of hydrogen-bond donors (Lipinski definition) is 2. The van der Waals surface area contributed by atoms with Crippen LogP contribution in [0.5, 0.6) is 0 Å². The number of aryl methyl sites for hydroxylation is 1. The van der Waals surface area contributed by atoms with Crippen LogP contribution < -0.4 is 5.32 Å². The molecule has 2 N–H and O–H groups in total. The number of rotatable bonds is 7. The van der Waals surface area contributed by atoms with Crippen LogP contribution in [0.4, 0.5) is 5.13 Å². The van der Waals surface area contributed by atoms with Crippen LogP contribution >= 0.6 is 11.5 Å². The molecule has 92 valence electrons. The van der Waals surface area contributed by atoms with Crippen molar-refractivity contribution in [3.05, 3.63) is 5.82 Å². The molecule has 1 aromatic rings. The van der Waals surface area contributed by atoms with Gasteiger partial charge in [0.1, 0.15) is 5.82 Å². The van der Waals surface area contributed by atoms with Crippen molar-refractivity contribution in [2.75, 3.05) is 11.9 Å². The number of aromatic nitrogens is 2. The topological polar surface area (TPSA) is 58.0 Å². The van der Waals surface area contributed by atoms with E-state index in [1.807, 2.05) is 0 Å². The first-order valence-electron chi connectivity index (χ1n) is 5.87. The van der Waals surface area contributed by atoms with Gasteiger partial charge in [-0.15, -0.1) is 0 Å². The molecule has 1 rings (SSSR count). The molecule has 1 atom stereocenters. The molecule has 0 aliphatic carbocycles. The van der Waals surface area contributed by atoms with E-state index >= 15 is 0 Å². The Morgan fingerprint density at radius 2 is 2.19 bits per heavy atom. The largest absolute Gasteiger partial charge is 0.396 e. The zero-order chi connectivity index (χ0) is 12.0.